The number of hydrogen-bond donors (Lipinski definition) is 0. The van der Waals surface area contributed by atoms with E-state index in [2.05, 4.69) is 13.2 Å². The van der Waals surface area contributed by atoms with Gasteiger partial charge in [0.05, 0.1) is 0 Å². The zero-order valence-electron chi connectivity index (χ0n) is 6.09. The molecule has 1 nitrogen and oxygen atoms in total. The Labute approximate surface area is 61.2 Å². The van der Waals surface area contributed by atoms with Crippen LogP contribution in [0.15, 0.2) is 0 Å². The van der Waals surface area contributed by atoms with E-state index in [-0.39, 0.29) is 0 Å². The quantitative estimate of drug-likeness (QED) is 0.552. The molecule has 54 valence electrons. The summed E-state index contributed by atoms with van der Waals surface area (Å²) >= 11 is 1.79. The molecule has 0 aliphatic rings. The SMILES string of the molecule is CCC[C@H](CC=O)SC. The van der Waals surface area contributed by atoms with Crippen LogP contribution < -0.4 is 0 Å². The summed E-state index contributed by atoms with van der Waals surface area (Å²) in [6, 6.07) is 0. The highest BCUT2D eigenvalue weighted by molar-refractivity contribution is 7.99. The molecule has 0 radical (unpaired) electrons. The summed E-state index contributed by atoms with van der Waals surface area (Å²) in [5, 5.41) is 0.562. The minimum atomic E-state index is 0.562. The van der Waals surface area contributed by atoms with Gasteiger partial charge in [0.1, 0.15) is 6.29 Å². The van der Waals surface area contributed by atoms with E-state index < -0.39 is 0 Å². The van der Waals surface area contributed by atoms with E-state index in [0.29, 0.717) is 5.25 Å². The van der Waals surface area contributed by atoms with Gasteiger partial charge in [-0.2, -0.15) is 11.8 Å². The molecule has 0 fully saturated rings. The van der Waals surface area contributed by atoms with Gasteiger partial charge in [-0.1, -0.05) is 13.3 Å². The Morgan fingerprint density at radius 1 is 1.67 bits per heavy atom. The Morgan fingerprint density at radius 3 is 2.67 bits per heavy atom. The zero-order valence-corrected chi connectivity index (χ0v) is 6.91. The Bertz CT molecular complexity index is 73.3. The van der Waals surface area contributed by atoms with Gasteiger partial charge in [-0.15, -0.1) is 0 Å². The highest BCUT2D eigenvalue weighted by Crippen LogP contribution is 2.14. The molecule has 0 bridgehead atoms. The van der Waals surface area contributed by atoms with Crippen molar-refractivity contribution < 1.29 is 4.79 Å². The van der Waals surface area contributed by atoms with Crippen molar-refractivity contribution in [1.82, 2.24) is 0 Å². The number of carbonyl (C=O) groups excluding carboxylic acids is 1. The van der Waals surface area contributed by atoms with Gasteiger partial charge in [-0.3, -0.25) is 0 Å². The fraction of sp³-hybridized carbons (Fsp3) is 0.857. The molecule has 0 saturated carbocycles. The summed E-state index contributed by atoms with van der Waals surface area (Å²) < 4.78 is 0. The zero-order chi connectivity index (χ0) is 7.11. The lowest BCUT2D eigenvalue weighted by Gasteiger charge is -2.07. The molecule has 0 saturated heterocycles. The van der Waals surface area contributed by atoms with Crippen LogP contribution in [-0.2, 0) is 4.79 Å². The second kappa shape index (κ2) is 6.14. The van der Waals surface area contributed by atoms with Crippen molar-refractivity contribution >= 4 is 18.0 Å². The first-order valence-corrected chi connectivity index (χ1v) is 4.60. The van der Waals surface area contributed by atoms with Gasteiger partial charge in [0.15, 0.2) is 0 Å². The summed E-state index contributed by atoms with van der Waals surface area (Å²) in [5.74, 6) is 0. The third-order valence-corrected chi connectivity index (χ3v) is 2.40. The largest absolute Gasteiger partial charge is 0.303 e. The van der Waals surface area contributed by atoms with Crippen LogP contribution in [0.5, 0.6) is 0 Å². The van der Waals surface area contributed by atoms with Crippen molar-refractivity contribution in [3.8, 4) is 0 Å². The molecular weight excluding hydrogens is 132 g/mol. The van der Waals surface area contributed by atoms with Crippen molar-refractivity contribution in [3.05, 3.63) is 0 Å². The van der Waals surface area contributed by atoms with Crippen LogP contribution in [-0.4, -0.2) is 17.8 Å². The van der Waals surface area contributed by atoms with Crippen molar-refractivity contribution in [2.45, 2.75) is 31.4 Å². The molecule has 0 rings (SSSR count). The lowest BCUT2D eigenvalue weighted by atomic mass is 10.2. The Hall–Kier alpha value is 0.0200. The number of aldehydes is 1. The van der Waals surface area contributed by atoms with Crippen LogP contribution in [0.1, 0.15) is 26.2 Å². The fourth-order valence-electron chi connectivity index (χ4n) is 0.761. The molecule has 0 aliphatic carbocycles. The van der Waals surface area contributed by atoms with Gasteiger partial charge in [0.2, 0.25) is 0 Å². The molecular formula is C7H14OS. The predicted octanol–water partition coefficient (Wildman–Crippen LogP) is 2.11. The van der Waals surface area contributed by atoms with Gasteiger partial charge in [0.25, 0.3) is 0 Å². The highest BCUT2D eigenvalue weighted by atomic mass is 32.2. The van der Waals surface area contributed by atoms with E-state index in [1.165, 1.54) is 12.8 Å². The lowest BCUT2D eigenvalue weighted by molar-refractivity contribution is -0.107. The Balaban J connectivity index is 3.28. The lowest BCUT2D eigenvalue weighted by Crippen LogP contribution is -2.01. The molecule has 0 aromatic carbocycles. The monoisotopic (exact) mass is 146 g/mol. The molecule has 0 aromatic rings. The normalized spacial score (nSPS) is 13.1. The molecule has 1 atom stereocenters. The summed E-state index contributed by atoms with van der Waals surface area (Å²) in [6.45, 7) is 2.15. The van der Waals surface area contributed by atoms with E-state index in [9.17, 15) is 4.79 Å². The van der Waals surface area contributed by atoms with E-state index in [1.807, 2.05) is 0 Å². The third kappa shape index (κ3) is 4.52. The van der Waals surface area contributed by atoms with Gasteiger partial charge in [-0.05, 0) is 12.7 Å². The first-order chi connectivity index (χ1) is 4.35. The third-order valence-electron chi connectivity index (χ3n) is 1.30. The summed E-state index contributed by atoms with van der Waals surface area (Å²) in [6.07, 6.45) is 6.13. The molecule has 0 aromatic heterocycles. The maximum atomic E-state index is 10.0. The van der Waals surface area contributed by atoms with Crippen LogP contribution in [0.25, 0.3) is 0 Å². The number of rotatable bonds is 5. The van der Waals surface area contributed by atoms with Crippen LogP contribution in [0, 0.1) is 0 Å². The van der Waals surface area contributed by atoms with Gasteiger partial charge < -0.3 is 4.79 Å². The first kappa shape index (κ1) is 9.02. The first-order valence-electron chi connectivity index (χ1n) is 3.31. The summed E-state index contributed by atoms with van der Waals surface area (Å²) in [7, 11) is 0. The van der Waals surface area contributed by atoms with Crippen molar-refractivity contribution in [2.24, 2.45) is 0 Å². The predicted molar refractivity (Wildman–Crippen MR) is 42.9 cm³/mol. The van der Waals surface area contributed by atoms with E-state index >= 15 is 0 Å². The maximum absolute atomic E-state index is 10.0. The van der Waals surface area contributed by atoms with Crippen LogP contribution in [0.2, 0.25) is 0 Å². The average molecular weight is 146 g/mol. The molecule has 0 amide bonds. The van der Waals surface area contributed by atoms with Gasteiger partial charge in [-0.25, -0.2) is 0 Å². The molecule has 0 unspecified atom stereocenters. The standard InChI is InChI=1S/C7H14OS/c1-3-4-7(9-2)5-6-8/h6-7H,3-5H2,1-2H3/t7-/m1/s1. The highest BCUT2D eigenvalue weighted by Gasteiger charge is 2.02. The van der Waals surface area contributed by atoms with Crippen LogP contribution in [0.4, 0.5) is 0 Å². The fourth-order valence-corrected chi connectivity index (χ4v) is 1.50. The van der Waals surface area contributed by atoms with E-state index in [1.54, 1.807) is 11.8 Å². The molecule has 0 heterocycles. The number of carbonyl (C=O) groups is 1. The Morgan fingerprint density at radius 2 is 2.33 bits per heavy atom. The summed E-state index contributed by atoms with van der Waals surface area (Å²) in [5.41, 5.74) is 0. The molecule has 9 heavy (non-hydrogen) atoms. The second-order valence-corrected chi connectivity index (χ2v) is 3.19. The van der Waals surface area contributed by atoms with Gasteiger partial charge >= 0.3 is 0 Å². The molecule has 0 aliphatic heterocycles. The van der Waals surface area contributed by atoms with Crippen molar-refractivity contribution in [1.29, 1.82) is 0 Å². The number of thioether (sulfide) groups is 1. The van der Waals surface area contributed by atoms with E-state index in [0.717, 1.165) is 12.7 Å². The van der Waals surface area contributed by atoms with Gasteiger partial charge in [0, 0.05) is 11.7 Å². The molecule has 2 heteroatoms. The topological polar surface area (TPSA) is 17.1 Å². The second-order valence-electron chi connectivity index (χ2n) is 2.05. The summed E-state index contributed by atoms with van der Waals surface area (Å²) in [4.78, 5) is 10.0. The minimum Gasteiger partial charge on any atom is -0.303 e. The van der Waals surface area contributed by atoms with E-state index in [4.69, 9.17) is 0 Å². The maximum Gasteiger partial charge on any atom is 0.121 e. The molecule has 0 N–H and O–H groups in total. The smallest absolute Gasteiger partial charge is 0.121 e. The minimum absolute atomic E-state index is 0.562. The van der Waals surface area contributed by atoms with Crippen molar-refractivity contribution in [2.75, 3.05) is 6.26 Å². The van der Waals surface area contributed by atoms with Crippen LogP contribution in [0.3, 0.4) is 0 Å². The average Bonchev–Trinajstić information content (AvgIpc) is 1.88. The van der Waals surface area contributed by atoms with Crippen molar-refractivity contribution in [3.63, 3.8) is 0 Å². The molecule has 0 spiro atoms. The van der Waals surface area contributed by atoms with Crippen LogP contribution >= 0.6 is 11.8 Å². The Kier molecular flexibility index (Phi) is 6.16. The number of hydrogen-bond acceptors (Lipinski definition) is 2.